The first-order chi connectivity index (χ1) is 24.6. The van der Waals surface area contributed by atoms with Crippen LogP contribution in [0.25, 0.3) is 89.7 Å². The third-order valence-electron chi connectivity index (χ3n) is 8.55. The van der Waals surface area contributed by atoms with E-state index in [0.717, 1.165) is 12.1 Å². The van der Waals surface area contributed by atoms with Crippen molar-refractivity contribution >= 4 is 74.5 Å². The summed E-state index contributed by atoms with van der Waals surface area (Å²) in [4.78, 5) is 33.0. The molecule has 7 aromatic rings. The predicted molar refractivity (Wildman–Crippen MR) is 185 cm³/mol. The Bertz CT molecular complexity index is 3290. The Morgan fingerprint density at radius 2 is 0.750 bits per heavy atom. The van der Waals surface area contributed by atoms with Crippen LogP contribution in [-0.4, -0.2) is 78.8 Å². The van der Waals surface area contributed by atoms with E-state index in [1.165, 1.54) is 42.5 Å². The van der Waals surface area contributed by atoms with E-state index in [4.69, 9.17) is 9.97 Å². The van der Waals surface area contributed by atoms with E-state index in [1.807, 2.05) is 0 Å². The summed E-state index contributed by atoms with van der Waals surface area (Å²) in [6.45, 7) is 0. The van der Waals surface area contributed by atoms with Crippen molar-refractivity contribution in [2.75, 3.05) is 0 Å². The average Bonchev–Trinajstić information content (AvgIpc) is 3.82. The number of fused-ring (bicyclic) bond motifs is 20. The lowest BCUT2D eigenvalue weighted by Crippen LogP contribution is -1.98. The highest BCUT2D eigenvalue weighted by atomic mass is 32.2. The molecule has 4 aromatic carbocycles. The molecule has 20 heteroatoms. The van der Waals surface area contributed by atoms with Gasteiger partial charge in [0.25, 0.3) is 30.4 Å². The lowest BCUT2D eigenvalue weighted by atomic mass is 10.1. The van der Waals surface area contributed by atoms with Gasteiger partial charge in [0.1, 0.15) is 22.6 Å². The van der Waals surface area contributed by atoms with Crippen molar-refractivity contribution in [3.05, 3.63) is 78.9 Å². The fourth-order valence-corrected chi connectivity index (χ4v) is 7.68. The highest BCUT2D eigenvalue weighted by Gasteiger charge is 2.26. The normalized spacial score (nSPS) is 13.0. The number of hydrogen-bond donors (Lipinski definition) is 5. The van der Waals surface area contributed by atoms with Gasteiger partial charge in [-0.2, -0.15) is 25.3 Å². The molecule has 2 aliphatic heterocycles. The van der Waals surface area contributed by atoms with Crippen LogP contribution in [-0.2, 0) is 30.4 Å². The van der Waals surface area contributed by atoms with Crippen LogP contribution in [0, 0.1) is 0 Å². The van der Waals surface area contributed by atoms with Crippen LogP contribution < -0.4 is 0 Å². The van der Waals surface area contributed by atoms with Gasteiger partial charge in [-0.05, 0) is 54.6 Å². The molecule has 2 aliphatic rings. The molecule has 0 saturated heterocycles. The van der Waals surface area contributed by atoms with Crippen molar-refractivity contribution in [3.8, 4) is 45.6 Å². The van der Waals surface area contributed by atoms with Crippen LogP contribution in [0.5, 0.6) is 0 Å². The number of nitrogens with zero attached hydrogens (tertiary/aromatic N) is 6. The van der Waals surface area contributed by atoms with Crippen molar-refractivity contribution < 1.29 is 38.9 Å². The molecule has 0 unspecified atom stereocenters. The zero-order valence-electron chi connectivity index (χ0n) is 25.7. The quantitative estimate of drug-likeness (QED) is 0.154. The number of nitrogens with one attached hydrogen (secondary N) is 2. The van der Waals surface area contributed by atoms with Gasteiger partial charge in [0.15, 0.2) is 23.3 Å². The molecule has 258 valence electrons. The molecular weight excluding hydrogens is 737 g/mol. The van der Waals surface area contributed by atoms with E-state index in [-0.39, 0.29) is 62.2 Å². The number of hydrogen-bond acceptors (Lipinski definition) is 12. The molecule has 8 bridgehead atoms. The molecule has 9 rings (SSSR count). The number of rotatable bonds is 3. The molecule has 0 spiro atoms. The lowest BCUT2D eigenvalue weighted by molar-refractivity contribution is 0.481. The van der Waals surface area contributed by atoms with Crippen LogP contribution in [0.4, 0.5) is 0 Å². The average molecular weight is 755 g/mol. The van der Waals surface area contributed by atoms with E-state index in [0.29, 0.717) is 27.5 Å². The SMILES string of the molecule is O=S(=O)(O)c1ccc2c(c1)-c1nc-2nc2nc(nc3[nH]c(nc4[nH]c(n1)c1ccc(S(=O)(=O)O)cc41)c1cc(S(=O)(=O)O)ccc31)-c1ccccc1-2. The van der Waals surface area contributed by atoms with Crippen LogP contribution in [0.2, 0.25) is 0 Å². The zero-order chi connectivity index (χ0) is 36.3. The van der Waals surface area contributed by atoms with Gasteiger partial charge >= 0.3 is 0 Å². The minimum atomic E-state index is -4.69. The van der Waals surface area contributed by atoms with E-state index < -0.39 is 45.0 Å². The summed E-state index contributed by atoms with van der Waals surface area (Å²) in [5.41, 5.74) is 2.05. The van der Waals surface area contributed by atoms with Gasteiger partial charge in [0.05, 0.1) is 14.7 Å². The van der Waals surface area contributed by atoms with Gasteiger partial charge in [-0.3, -0.25) is 13.7 Å². The molecule has 0 radical (unpaired) electrons. The topological polar surface area (TPSA) is 272 Å². The summed E-state index contributed by atoms with van der Waals surface area (Å²) >= 11 is 0. The van der Waals surface area contributed by atoms with Gasteiger partial charge in [-0.25, -0.2) is 29.9 Å². The maximum absolute atomic E-state index is 12.2. The highest BCUT2D eigenvalue weighted by molar-refractivity contribution is 7.86. The summed E-state index contributed by atoms with van der Waals surface area (Å²) in [6, 6.07) is 18.4. The molecule has 0 atom stereocenters. The Hall–Kier alpha value is -6.03. The van der Waals surface area contributed by atoms with Crippen LogP contribution in [0.3, 0.4) is 0 Å². The molecule has 52 heavy (non-hydrogen) atoms. The first kappa shape index (κ1) is 31.9. The molecule has 3 aromatic heterocycles. The van der Waals surface area contributed by atoms with Gasteiger partial charge in [0.2, 0.25) is 0 Å². The Morgan fingerprint density at radius 3 is 1.21 bits per heavy atom. The third kappa shape index (κ3) is 5.12. The standard InChI is InChI=1S/C32H18N8O9S3/c41-50(42,43)14-5-8-19-22(11-14)30-36-27(19)34-25-17-3-1-2-4-18(17)26(33-25)35-28-20-9-6-15(51(44,45)46)12-23(20)31(37-28)40-32-24-13-16(52(47,48)49)7-10-21(24)29(38-30)39-32/h1-13H,(H,41,42,43)(H,44,45,46)(H,47,48,49)(H2,33,34,35,36,37,38,39,40). The molecule has 0 aliphatic carbocycles. The number of H-pyrrole nitrogens is 2. The molecule has 0 saturated carbocycles. The van der Waals surface area contributed by atoms with Gasteiger partial charge in [-0.1, -0.05) is 24.3 Å². The highest BCUT2D eigenvalue weighted by Crippen LogP contribution is 2.39. The van der Waals surface area contributed by atoms with Crippen molar-refractivity contribution in [2.24, 2.45) is 0 Å². The summed E-state index contributed by atoms with van der Waals surface area (Å²) in [7, 11) is -14.0. The predicted octanol–water partition coefficient (Wildman–Crippen LogP) is 4.61. The Labute approximate surface area is 291 Å². The second kappa shape index (κ2) is 10.7. The largest absolute Gasteiger partial charge is 0.324 e. The minimum Gasteiger partial charge on any atom is -0.324 e. The molecule has 5 heterocycles. The first-order valence-corrected chi connectivity index (χ1v) is 19.2. The van der Waals surface area contributed by atoms with Gasteiger partial charge in [0, 0.05) is 43.8 Å². The molecule has 17 nitrogen and oxygen atoms in total. The van der Waals surface area contributed by atoms with Gasteiger partial charge < -0.3 is 9.97 Å². The Morgan fingerprint density at radius 1 is 0.385 bits per heavy atom. The summed E-state index contributed by atoms with van der Waals surface area (Å²) in [5, 5.41) is 1.04. The Kier molecular flexibility index (Phi) is 6.59. The lowest BCUT2D eigenvalue weighted by Gasteiger charge is -2.02. The monoisotopic (exact) mass is 754 g/mol. The van der Waals surface area contributed by atoms with Crippen molar-refractivity contribution in [2.45, 2.75) is 14.7 Å². The zero-order valence-corrected chi connectivity index (χ0v) is 28.2. The molecule has 0 fully saturated rings. The maximum atomic E-state index is 12.2. The van der Waals surface area contributed by atoms with Crippen molar-refractivity contribution in [3.63, 3.8) is 0 Å². The van der Waals surface area contributed by atoms with Crippen molar-refractivity contribution in [1.82, 2.24) is 39.9 Å². The van der Waals surface area contributed by atoms with E-state index in [2.05, 4.69) is 29.9 Å². The number of aromatic nitrogens is 8. The summed E-state index contributed by atoms with van der Waals surface area (Å²) < 4.78 is 102. The van der Waals surface area contributed by atoms with Crippen molar-refractivity contribution in [1.29, 1.82) is 0 Å². The van der Waals surface area contributed by atoms with Gasteiger partial charge in [-0.15, -0.1) is 0 Å². The molecular formula is C32H18N8O9S3. The second-order valence-corrected chi connectivity index (χ2v) is 16.0. The smallest absolute Gasteiger partial charge is 0.294 e. The minimum absolute atomic E-state index is 0.00290. The Balaban J connectivity index is 1.50. The van der Waals surface area contributed by atoms with Crippen LogP contribution in [0.1, 0.15) is 0 Å². The van der Waals surface area contributed by atoms with E-state index in [1.54, 1.807) is 24.3 Å². The van der Waals surface area contributed by atoms with E-state index >= 15 is 0 Å². The summed E-state index contributed by atoms with van der Waals surface area (Å²) in [6.07, 6.45) is 0. The number of benzene rings is 4. The van der Waals surface area contributed by atoms with Crippen LogP contribution >= 0.6 is 0 Å². The second-order valence-electron chi connectivity index (χ2n) is 11.7. The number of aromatic amines is 2. The fraction of sp³-hybridized carbons (Fsp3) is 0. The first-order valence-electron chi connectivity index (χ1n) is 14.9. The fourth-order valence-electron chi connectivity index (χ4n) is 6.16. The molecule has 0 amide bonds. The van der Waals surface area contributed by atoms with E-state index in [9.17, 15) is 38.9 Å². The third-order valence-corrected chi connectivity index (χ3v) is 11.1. The maximum Gasteiger partial charge on any atom is 0.294 e. The molecule has 5 N–H and O–H groups in total. The summed E-state index contributed by atoms with van der Waals surface area (Å²) in [5.74, 6) is 0.504. The van der Waals surface area contributed by atoms with Crippen LogP contribution in [0.15, 0.2) is 93.5 Å².